The van der Waals surface area contributed by atoms with Crippen molar-refractivity contribution in [3.8, 4) is 17.2 Å². The monoisotopic (exact) mass is 420 g/mol. The SMILES string of the molecule is COc1cc(NC(=O)NCCC(c2ccccc2)c2ccccc2)cc(OC)c1OC. The van der Waals surface area contributed by atoms with E-state index in [1.54, 1.807) is 12.1 Å². The number of ether oxygens (including phenoxy) is 3. The maximum atomic E-state index is 12.5. The van der Waals surface area contributed by atoms with Crippen LogP contribution in [0, 0.1) is 0 Å². The van der Waals surface area contributed by atoms with E-state index in [1.807, 2.05) is 36.4 Å². The van der Waals surface area contributed by atoms with Crippen molar-refractivity contribution >= 4 is 11.7 Å². The van der Waals surface area contributed by atoms with Crippen molar-refractivity contribution in [2.24, 2.45) is 0 Å². The molecule has 0 aliphatic heterocycles. The lowest BCUT2D eigenvalue weighted by atomic mass is 9.88. The van der Waals surface area contributed by atoms with Crippen molar-refractivity contribution in [2.45, 2.75) is 12.3 Å². The van der Waals surface area contributed by atoms with Crippen LogP contribution in [0.2, 0.25) is 0 Å². The fraction of sp³-hybridized carbons (Fsp3) is 0.240. The van der Waals surface area contributed by atoms with Crippen molar-refractivity contribution in [1.82, 2.24) is 5.32 Å². The molecule has 31 heavy (non-hydrogen) atoms. The maximum absolute atomic E-state index is 12.5. The molecule has 0 aliphatic carbocycles. The fourth-order valence-electron chi connectivity index (χ4n) is 3.56. The Hall–Kier alpha value is -3.67. The first kappa shape index (κ1) is 22.0. The second kappa shape index (κ2) is 10.9. The van der Waals surface area contributed by atoms with Crippen LogP contribution in [0.25, 0.3) is 0 Å². The molecule has 0 heterocycles. The van der Waals surface area contributed by atoms with Gasteiger partial charge in [-0.1, -0.05) is 60.7 Å². The zero-order valence-corrected chi connectivity index (χ0v) is 18.1. The van der Waals surface area contributed by atoms with Gasteiger partial charge in [-0.3, -0.25) is 0 Å². The summed E-state index contributed by atoms with van der Waals surface area (Å²) >= 11 is 0. The summed E-state index contributed by atoms with van der Waals surface area (Å²) in [7, 11) is 4.61. The molecule has 6 nitrogen and oxygen atoms in total. The van der Waals surface area contributed by atoms with Gasteiger partial charge in [-0.2, -0.15) is 0 Å². The van der Waals surface area contributed by atoms with E-state index in [1.165, 1.54) is 32.5 Å². The lowest BCUT2D eigenvalue weighted by Gasteiger charge is -2.19. The molecular formula is C25H28N2O4. The van der Waals surface area contributed by atoms with Gasteiger partial charge in [-0.05, 0) is 17.5 Å². The topological polar surface area (TPSA) is 68.8 Å². The molecular weight excluding hydrogens is 392 g/mol. The first-order valence-electron chi connectivity index (χ1n) is 10.1. The summed E-state index contributed by atoms with van der Waals surface area (Å²) in [4.78, 5) is 12.5. The van der Waals surface area contributed by atoms with E-state index in [0.717, 1.165) is 6.42 Å². The van der Waals surface area contributed by atoms with Gasteiger partial charge in [0.15, 0.2) is 11.5 Å². The number of carbonyl (C=O) groups is 1. The molecule has 3 aromatic rings. The predicted octanol–water partition coefficient (Wildman–Crippen LogP) is 5.06. The van der Waals surface area contributed by atoms with Gasteiger partial charge in [0.05, 0.1) is 27.0 Å². The van der Waals surface area contributed by atoms with Crippen LogP contribution in [0.5, 0.6) is 17.2 Å². The van der Waals surface area contributed by atoms with E-state index in [9.17, 15) is 4.79 Å². The molecule has 0 aromatic heterocycles. The number of amides is 2. The minimum absolute atomic E-state index is 0.198. The molecule has 0 unspecified atom stereocenters. The van der Waals surface area contributed by atoms with Crippen LogP contribution in [-0.4, -0.2) is 33.9 Å². The average Bonchev–Trinajstić information content (AvgIpc) is 2.82. The molecule has 3 aromatic carbocycles. The molecule has 0 saturated carbocycles. The van der Waals surface area contributed by atoms with Gasteiger partial charge < -0.3 is 24.8 Å². The van der Waals surface area contributed by atoms with Gasteiger partial charge in [0, 0.05) is 24.6 Å². The van der Waals surface area contributed by atoms with Crippen LogP contribution in [0.1, 0.15) is 23.5 Å². The lowest BCUT2D eigenvalue weighted by Crippen LogP contribution is -2.30. The molecule has 0 radical (unpaired) electrons. The van der Waals surface area contributed by atoms with Crippen molar-refractivity contribution in [2.75, 3.05) is 33.2 Å². The number of rotatable bonds is 9. The summed E-state index contributed by atoms with van der Waals surface area (Å²) in [6, 6.07) is 23.7. The zero-order chi connectivity index (χ0) is 22.1. The third kappa shape index (κ3) is 5.69. The van der Waals surface area contributed by atoms with Gasteiger partial charge in [0.25, 0.3) is 0 Å². The zero-order valence-electron chi connectivity index (χ0n) is 18.1. The van der Waals surface area contributed by atoms with E-state index in [2.05, 4.69) is 34.9 Å². The molecule has 0 fully saturated rings. The molecule has 6 heteroatoms. The van der Waals surface area contributed by atoms with E-state index >= 15 is 0 Å². The highest BCUT2D eigenvalue weighted by molar-refractivity contribution is 5.90. The highest BCUT2D eigenvalue weighted by Gasteiger charge is 2.16. The largest absolute Gasteiger partial charge is 0.493 e. The van der Waals surface area contributed by atoms with Gasteiger partial charge in [0.1, 0.15) is 0 Å². The quantitative estimate of drug-likeness (QED) is 0.508. The predicted molar refractivity (Wildman–Crippen MR) is 122 cm³/mol. The summed E-state index contributed by atoms with van der Waals surface area (Å²) in [5, 5.41) is 5.77. The molecule has 2 amide bonds. The first-order valence-corrected chi connectivity index (χ1v) is 10.1. The summed E-state index contributed by atoms with van der Waals surface area (Å²) < 4.78 is 16.0. The van der Waals surface area contributed by atoms with Crippen molar-refractivity contribution < 1.29 is 19.0 Å². The minimum atomic E-state index is -0.297. The van der Waals surface area contributed by atoms with E-state index < -0.39 is 0 Å². The van der Waals surface area contributed by atoms with Gasteiger partial charge in [-0.15, -0.1) is 0 Å². The van der Waals surface area contributed by atoms with E-state index in [4.69, 9.17) is 14.2 Å². The Morgan fingerprint density at radius 2 is 1.32 bits per heavy atom. The maximum Gasteiger partial charge on any atom is 0.319 e. The summed E-state index contributed by atoms with van der Waals surface area (Å²) in [5.74, 6) is 1.63. The molecule has 0 bridgehead atoms. The van der Waals surface area contributed by atoms with Crippen LogP contribution < -0.4 is 24.8 Å². The van der Waals surface area contributed by atoms with Crippen LogP contribution in [0.4, 0.5) is 10.5 Å². The number of hydrogen-bond acceptors (Lipinski definition) is 4. The van der Waals surface area contributed by atoms with Crippen molar-refractivity contribution in [3.63, 3.8) is 0 Å². The number of anilines is 1. The van der Waals surface area contributed by atoms with Crippen LogP contribution >= 0.6 is 0 Å². The van der Waals surface area contributed by atoms with E-state index in [0.29, 0.717) is 29.5 Å². The standard InChI is InChI=1S/C25H28N2O4/c1-29-22-16-20(17-23(30-2)24(22)31-3)27-25(28)26-15-14-21(18-10-6-4-7-11-18)19-12-8-5-9-13-19/h4-13,16-17,21H,14-15H2,1-3H3,(H2,26,27,28). The van der Waals surface area contributed by atoms with E-state index in [-0.39, 0.29) is 11.9 Å². The average molecular weight is 421 g/mol. The molecule has 3 rings (SSSR count). The third-order valence-electron chi connectivity index (χ3n) is 5.05. The number of benzene rings is 3. The van der Waals surface area contributed by atoms with Crippen molar-refractivity contribution in [1.29, 1.82) is 0 Å². The van der Waals surface area contributed by atoms with Crippen LogP contribution in [-0.2, 0) is 0 Å². The van der Waals surface area contributed by atoms with Gasteiger partial charge in [-0.25, -0.2) is 4.79 Å². The second-order valence-corrected chi connectivity index (χ2v) is 6.96. The highest BCUT2D eigenvalue weighted by atomic mass is 16.5. The summed E-state index contributed by atoms with van der Waals surface area (Å²) in [5.41, 5.74) is 3.00. The summed E-state index contributed by atoms with van der Waals surface area (Å²) in [6.07, 6.45) is 0.775. The normalized spacial score (nSPS) is 10.5. The Morgan fingerprint density at radius 3 is 1.77 bits per heavy atom. The Kier molecular flexibility index (Phi) is 7.76. The molecule has 0 spiro atoms. The molecule has 162 valence electrons. The number of urea groups is 1. The minimum Gasteiger partial charge on any atom is -0.493 e. The Bertz CT molecular complexity index is 913. The van der Waals surface area contributed by atoms with Gasteiger partial charge >= 0.3 is 6.03 Å². The lowest BCUT2D eigenvalue weighted by molar-refractivity contribution is 0.252. The molecule has 2 N–H and O–H groups in total. The summed E-state index contributed by atoms with van der Waals surface area (Å²) in [6.45, 7) is 0.519. The highest BCUT2D eigenvalue weighted by Crippen LogP contribution is 2.39. The Balaban J connectivity index is 1.65. The molecule has 0 aliphatic rings. The number of methoxy groups -OCH3 is 3. The first-order chi connectivity index (χ1) is 15.2. The van der Waals surface area contributed by atoms with Crippen LogP contribution in [0.15, 0.2) is 72.8 Å². The smallest absolute Gasteiger partial charge is 0.319 e. The number of hydrogen-bond donors (Lipinski definition) is 2. The molecule has 0 atom stereocenters. The number of nitrogens with one attached hydrogen (secondary N) is 2. The van der Waals surface area contributed by atoms with Crippen molar-refractivity contribution in [3.05, 3.63) is 83.9 Å². The fourth-order valence-corrected chi connectivity index (χ4v) is 3.56. The molecule has 0 saturated heterocycles. The van der Waals surface area contributed by atoms with Crippen LogP contribution in [0.3, 0.4) is 0 Å². The third-order valence-corrected chi connectivity index (χ3v) is 5.05. The Labute approximate surface area is 183 Å². The van der Waals surface area contributed by atoms with Gasteiger partial charge in [0.2, 0.25) is 5.75 Å². The Morgan fingerprint density at radius 1 is 0.806 bits per heavy atom. The second-order valence-electron chi connectivity index (χ2n) is 6.96. The number of carbonyl (C=O) groups excluding carboxylic acids is 1.